The summed E-state index contributed by atoms with van der Waals surface area (Å²) in [6.45, 7) is 11.1. The minimum absolute atomic E-state index is 0.245. The van der Waals surface area contributed by atoms with Gasteiger partial charge in [-0.2, -0.15) is 4.98 Å². The van der Waals surface area contributed by atoms with E-state index in [9.17, 15) is 8.42 Å². The molecule has 3 aromatic rings. The average Bonchev–Trinajstić information content (AvgIpc) is 3.03. The van der Waals surface area contributed by atoms with E-state index in [1.165, 1.54) is 4.52 Å². The number of hydrogen-bond acceptors (Lipinski definition) is 5. The summed E-state index contributed by atoms with van der Waals surface area (Å²) in [5, 5.41) is 9.09. The van der Waals surface area contributed by atoms with Crippen LogP contribution in [0.1, 0.15) is 13.8 Å². The van der Waals surface area contributed by atoms with Gasteiger partial charge in [0.15, 0.2) is 5.65 Å². The Morgan fingerprint density at radius 2 is 2.09 bits per heavy atom. The fourth-order valence-electron chi connectivity index (χ4n) is 2.36. The molecule has 0 aliphatic rings. The summed E-state index contributed by atoms with van der Waals surface area (Å²) in [5.41, 5.74) is 2.34. The van der Waals surface area contributed by atoms with Gasteiger partial charge in [-0.1, -0.05) is 11.6 Å². The van der Waals surface area contributed by atoms with Crippen molar-refractivity contribution in [3.8, 4) is 11.3 Å². The van der Waals surface area contributed by atoms with Crippen LogP contribution in [-0.4, -0.2) is 28.0 Å². The average molecular weight is 328 g/mol. The van der Waals surface area contributed by atoms with Crippen molar-refractivity contribution in [2.24, 2.45) is 5.14 Å². The zero-order chi connectivity index (χ0) is 16.8. The van der Waals surface area contributed by atoms with Crippen LogP contribution in [0.2, 0.25) is 0 Å². The molecule has 0 radical (unpaired) electrons. The topological polar surface area (TPSA) is 108 Å². The first-order valence-corrected chi connectivity index (χ1v) is 8.11. The van der Waals surface area contributed by atoms with E-state index in [2.05, 4.69) is 19.9 Å². The van der Waals surface area contributed by atoms with Gasteiger partial charge < -0.3 is 0 Å². The number of nitrogens with two attached hydrogens (primary N) is 1. The molecule has 0 saturated carbocycles. The van der Waals surface area contributed by atoms with Gasteiger partial charge in [-0.25, -0.2) is 22.9 Å². The van der Waals surface area contributed by atoms with Crippen LogP contribution >= 0.6 is 0 Å². The van der Waals surface area contributed by atoms with Crippen molar-refractivity contribution in [2.75, 3.05) is 0 Å². The Morgan fingerprint density at radius 3 is 2.61 bits per heavy atom. The van der Waals surface area contributed by atoms with E-state index in [1.54, 1.807) is 24.4 Å². The largest absolute Gasteiger partial charge is 0.282 e. The second-order valence-electron chi connectivity index (χ2n) is 5.07. The monoisotopic (exact) mass is 328 g/mol. The molecule has 0 aliphatic carbocycles. The van der Waals surface area contributed by atoms with E-state index in [-0.39, 0.29) is 5.65 Å². The maximum Gasteiger partial charge on any atom is 0.282 e. The van der Waals surface area contributed by atoms with Crippen molar-refractivity contribution >= 4 is 26.9 Å². The van der Waals surface area contributed by atoms with Gasteiger partial charge in [-0.05, 0) is 26.0 Å². The summed E-state index contributed by atoms with van der Waals surface area (Å²) in [6, 6.07) is 5.25. The van der Waals surface area contributed by atoms with Gasteiger partial charge in [-0.15, -0.1) is 5.10 Å². The first kappa shape index (κ1) is 15.1. The Balaban J connectivity index is 2.56. The van der Waals surface area contributed by atoms with Crippen LogP contribution in [0.3, 0.4) is 0 Å². The van der Waals surface area contributed by atoms with E-state index in [0.29, 0.717) is 22.3 Å². The molecular formula is C14H12N6O2S. The van der Waals surface area contributed by atoms with Crippen molar-refractivity contribution in [2.45, 2.75) is 19.0 Å². The molecule has 0 atom stereocenters. The molecule has 3 aromatic heterocycles. The Kier molecular flexibility index (Phi) is 3.35. The number of primary sulfonamides is 1. The molecule has 0 spiro atoms. The summed E-state index contributed by atoms with van der Waals surface area (Å²) in [5.74, 6) is 0. The van der Waals surface area contributed by atoms with E-state index in [4.69, 9.17) is 11.7 Å². The second kappa shape index (κ2) is 5.12. The molecule has 3 rings (SSSR count). The van der Waals surface area contributed by atoms with Crippen LogP contribution in [0, 0.1) is 6.57 Å². The molecule has 0 aromatic carbocycles. The minimum Gasteiger partial charge on any atom is -0.257 e. The van der Waals surface area contributed by atoms with Gasteiger partial charge in [0.25, 0.3) is 15.2 Å². The van der Waals surface area contributed by atoms with E-state index >= 15 is 0 Å². The molecule has 0 saturated heterocycles. The summed E-state index contributed by atoms with van der Waals surface area (Å²) >= 11 is 0. The maximum absolute atomic E-state index is 11.5. The van der Waals surface area contributed by atoms with E-state index < -0.39 is 15.2 Å². The molecule has 0 bridgehead atoms. The van der Waals surface area contributed by atoms with Crippen LogP contribution < -0.4 is 10.5 Å². The Morgan fingerprint density at radius 1 is 1.35 bits per heavy atom. The third-order valence-corrected chi connectivity index (χ3v) is 3.93. The molecule has 116 valence electrons. The normalized spacial score (nSPS) is 11.6. The van der Waals surface area contributed by atoms with Gasteiger partial charge in [0.1, 0.15) is 0 Å². The van der Waals surface area contributed by atoms with E-state index in [0.717, 1.165) is 5.57 Å². The third kappa shape index (κ3) is 2.34. The molecule has 2 N–H and O–H groups in total. The van der Waals surface area contributed by atoms with Crippen molar-refractivity contribution < 1.29 is 8.42 Å². The third-order valence-electron chi connectivity index (χ3n) is 3.25. The molecule has 8 nitrogen and oxygen atoms in total. The fourth-order valence-corrected chi connectivity index (χ4v) is 2.77. The Labute approximate surface area is 132 Å². The lowest BCUT2D eigenvalue weighted by Crippen LogP contribution is -2.16. The maximum atomic E-state index is 11.5. The lowest BCUT2D eigenvalue weighted by Gasteiger charge is -1.97. The molecule has 0 aliphatic heterocycles. The number of pyridine rings is 1. The first-order valence-electron chi connectivity index (χ1n) is 6.56. The molecular weight excluding hydrogens is 316 g/mol. The zero-order valence-electron chi connectivity index (χ0n) is 12.3. The predicted molar refractivity (Wildman–Crippen MR) is 83.8 cm³/mol. The standard InChI is InChI=1S/C14H12N6O2S/c1-8(2)12-11(16-3)10(9-6-4-5-7-17-9)13-18-14(19-20(12)13)23(15,21)22/h4-7H,1-2H3,(H2,15,21,22). The highest BCUT2D eigenvalue weighted by Crippen LogP contribution is 2.31. The lowest BCUT2D eigenvalue weighted by molar-refractivity contribution is 0.588. The lowest BCUT2D eigenvalue weighted by atomic mass is 10.1. The predicted octanol–water partition coefficient (Wildman–Crippen LogP) is 0.899. The fraction of sp³-hybridized carbons (Fsp3) is 0.143. The molecule has 0 fully saturated rings. The second-order valence-corrected chi connectivity index (χ2v) is 6.53. The van der Waals surface area contributed by atoms with Gasteiger partial charge in [0.2, 0.25) is 5.69 Å². The number of fused-ring (bicyclic) bond motifs is 1. The number of nitrogens with zero attached hydrogens (tertiary/aromatic N) is 5. The number of hydrogen-bond donors (Lipinski definition) is 1. The van der Waals surface area contributed by atoms with Crippen molar-refractivity contribution in [1.29, 1.82) is 0 Å². The quantitative estimate of drug-likeness (QED) is 0.703. The Bertz CT molecular complexity index is 1110. The van der Waals surface area contributed by atoms with Crippen LogP contribution in [0.4, 0.5) is 5.69 Å². The highest BCUT2D eigenvalue weighted by molar-refractivity contribution is 7.89. The van der Waals surface area contributed by atoms with Crippen molar-refractivity contribution in [3.05, 3.63) is 41.2 Å². The van der Waals surface area contributed by atoms with Crippen LogP contribution in [-0.2, 0) is 10.0 Å². The molecule has 9 heteroatoms. The number of sulfonamides is 1. The minimum atomic E-state index is -4.05. The van der Waals surface area contributed by atoms with Gasteiger partial charge in [0.05, 0.1) is 23.2 Å². The highest BCUT2D eigenvalue weighted by atomic mass is 32.2. The highest BCUT2D eigenvalue weighted by Gasteiger charge is 2.24. The molecule has 0 unspecified atom stereocenters. The number of aromatic nitrogens is 4. The van der Waals surface area contributed by atoms with E-state index in [1.807, 2.05) is 13.8 Å². The van der Waals surface area contributed by atoms with Crippen LogP contribution in [0.25, 0.3) is 27.3 Å². The smallest absolute Gasteiger partial charge is 0.257 e. The summed E-state index contributed by atoms with van der Waals surface area (Å²) in [7, 11) is -4.05. The summed E-state index contributed by atoms with van der Waals surface area (Å²) in [6.07, 6.45) is 1.59. The summed E-state index contributed by atoms with van der Waals surface area (Å²) < 4.78 is 24.4. The molecule has 23 heavy (non-hydrogen) atoms. The van der Waals surface area contributed by atoms with Crippen molar-refractivity contribution in [3.63, 3.8) is 0 Å². The molecule has 0 amide bonds. The zero-order valence-corrected chi connectivity index (χ0v) is 13.2. The van der Waals surface area contributed by atoms with Gasteiger partial charge >= 0.3 is 0 Å². The van der Waals surface area contributed by atoms with Crippen LogP contribution in [0.15, 0.2) is 29.6 Å². The van der Waals surface area contributed by atoms with Gasteiger partial charge in [0, 0.05) is 6.20 Å². The SMILES string of the molecule is [C-]#[N+]c1c(-c2ccccn2)c2nc(S(N)(=O)=O)nn2c1=C(C)C. The summed E-state index contributed by atoms with van der Waals surface area (Å²) in [4.78, 5) is 11.8. The van der Waals surface area contributed by atoms with Gasteiger partial charge in [-0.3, -0.25) is 4.98 Å². The van der Waals surface area contributed by atoms with Crippen LogP contribution in [0.5, 0.6) is 0 Å². The first-order chi connectivity index (χ1) is 10.8. The number of rotatable bonds is 2. The van der Waals surface area contributed by atoms with Crippen molar-refractivity contribution in [1.82, 2.24) is 19.6 Å². The molecule has 3 heterocycles. The Hall–Kier alpha value is -2.83.